The van der Waals surface area contributed by atoms with Crippen LogP contribution in [0.4, 0.5) is 9.59 Å². The molecule has 246 valence electrons. The normalized spacial score (nSPS) is 27.1. The van der Waals surface area contributed by atoms with E-state index in [1.807, 2.05) is 46.4 Å². The number of aliphatic hydroxyl groups is 1. The van der Waals surface area contributed by atoms with Gasteiger partial charge in [-0.2, -0.15) is 0 Å². The number of halogens is 1. The molecule has 4 saturated heterocycles. The van der Waals surface area contributed by atoms with Gasteiger partial charge in [-0.1, -0.05) is 0 Å². The third-order valence-corrected chi connectivity index (χ3v) is 8.56. The molecular weight excluding hydrogens is 644 g/mol. The molecule has 2 aromatic rings. The minimum absolute atomic E-state index is 0.0128. The Morgan fingerprint density at radius 3 is 1.51 bits per heavy atom. The van der Waals surface area contributed by atoms with Crippen molar-refractivity contribution in [2.24, 2.45) is 0 Å². The summed E-state index contributed by atoms with van der Waals surface area (Å²) in [4.78, 5) is 54.9. The molecular formula is C32H45BrN6O6. The lowest BCUT2D eigenvalue weighted by molar-refractivity contribution is -0.123. The van der Waals surface area contributed by atoms with E-state index in [1.54, 1.807) is 29.7 Å². The van der Waals surface area contributed by atoms with Crippen molar-refractivity contribution >= 4 is 33.9 Å². The van der Waals surface area contributed by atoms with Gasteiger partial charge in [-0.25, -0.2) is 29.5 Å². The van der Waals surface area contributed by atoms with Crippen molar-refractivity contribution in [3.05, 3.63) is 47.5 Å². The Hall–Kier alpha value is -3.19. The van der Waals surface area contributed by atoms with Crippen LogP contribution in [-0.2, 0) is 19.9 Å². The van der Waals surface area contributed by atoms with Gasteiger partial charge < -0.3 is 24.4 Å². The summed E-state index contributed by atoms with van der Waals surface area (Å²) in [5, 5.41) is 11.0. The second-order valence-electron chi connectivity index (χ2n) is 14.1. The zero-order chi connectivity index (χ0) is 33.0. The van der Waals surface area contributed by atoms with Gasteiger partial charge in [0.25, 0.3) is 0 Å². The summed E-state index contributed by atoms with van der Waals surface area (Å²) < 4.78 is 11.8. The van der Waals surface area contributed by atoms with Crippen LogP contribution >= 0.6 is 15.9 Å². The molecule has 6 heterocycles. The van der Waals surface area contributed by atoms with E-state index in [0.717, 1.165) is 35.7 Å². The lowest BCUT2D eigenvalue weighted by atomic mass is 9.82. The zero-order valence-corrected chi connectivity index (χ0v) is 28.6. The van der Waals surface area contributed by atoms with Gasteiger partial charge in [0.15, 0.2) is 0 Å². The first kappa shape index (κ1) is 34.7. The van der Waals surface area contributed by atoms with Crippen LogP contribution in [0.3, 0.4) is 0 Å². The van der Waals surface area contributed by atoms with E-state index in [0.29, 0.717) is 25.7 Å². The number of ether oxygens (including phenoxy) is 2. The van der Waals surface area contributed by atoms with Crippen LogP contribution in [0.15, 0.2) is 41.9 Å². The molecule has 2 aromatic heterocycles. The van der Waals surface area contributed by atoms with Gasteiger partial charge in [0, 0.05) is 80.2 Å². The van der Waals surface area contributed by atoms with Crippen LogP contribution in [-0.4, -0.2) is 88.2 Å². The predicted octanol–water partition coefficient (Wildman–Crippen LogP) is 5.58. The fourth-order valence-corrected chi connectivity index (χ4v) is 6.71. The fourth-order valence-electron chi connectivity index (χ4n) is 6.48. The summed E-state index contributed by atoms with van der Waals surface area (Å²) in [7, 11) is 0. The third kappa shape index (κ3) is 9.41. The molecule has 0 aromatic carbocycles. The molecule has 4 aliphatic rings. The fraction of sp³-hybridized carbons (Fsp3) is 0.656. The lowest BCUT2D eigenvalue weighted by Gasteiger charge is -2.43. The van der Waals surface area contributed by atoms with E-state index in [9.17, 15) is 19.5 Å². The molecule has 0 saturated carbocycles. The van der Waals surface area contributed by atoms with Crippen LogP contribution in [0.5, 0.6) is 0 Å². The molecule has 0 spiro atoms. The first-order chi connectivity index (χ1) is 21.0. The van der Waals surface area contributed by atoms with Crippen molar-refractivity contribution in [1.29, 1.82) is 0 Å². The van der Waals surface area contributed by atoms with Gasteiger partial charge in [-0.15, -0.1) is 0 Å². The smallest absolute Gasteiger partial charge is 0.410 e. The van der Waals surface area contributed by atoms with E-state index in [4.69, 9.17) is 9.47 Å². The minimum atomic E-state index is -0.953. The second-order valence-corrected chi connectivity index (χ2v) is 15.0. The molecule has 0 aliphatic carbocycles. The van der Waals surface area contributed by atoms with Crippen molar-refractivity contribution in [2.45, 2.75) is 134 Å². The molecule has 0 radical (unpaired) electrons. The van der Waals surface area contributed by atoms with E-state index >= 15 is 0 Å². The number of fused-ring (bicyclic) bond motifs is 4. The summed E-state index contributed by atoms with van der Waals surface area (Å²) in [6.07, 6.45) is 14.8. The molecule has 1 N–H and O–H groups in total. The second kappa shape index (κ2) is 14.1. The van der Waals surface area contributed by atoms with Crippen LogP contribution in [0.1, 0.15) is 98.5 Å². The molecule has 2 amide bonds. The monoisotopic (exact) mass is 688 g/mol. The average Bonchev–Trinajstić information content (AvgIpc) is 3.39. The Balaban J connectivity index is 0.000000174. The highest BCUT2D eigenvalue weighted by atomic mass is 79.9. The van der Waals surface area contributed by atoms with Gasteiger partial charge in [-0.3, -0.25) is 4.79 Å². The van der Waals surface area contributed by atoms with Crippen molar-refractivity contribution in [3.63, 3.8) is 0 Å². The molecule has 4 bridgehead atoms. The van der Waals surface area contributed by atoms with Crippen molar-refractivity contribution in [2.75, 3.05) is 0 Å². The summed E-state index contributed by atoms with van der Waals surface area (Å²) in [5.74, 6) is 0.285. The highest BCUT2D eigenvalue weighted by Gasteiger charge is 2.51. The third-order valence-electron chi connectivity index (χ3n) is 8.15. The lowest BCUT2D eigenvalue weighted by Crippen LogP contribution is -2.53. The number of hydrogen-bond acceptors (Lipinski definition) is 10. The van der Waals surface area contributed by atoms with Gasteiger partial charge in [0.1, 0.15) is 29.6 Å². The Morgan fingerprint density at radius 1 is 0.756 bits per heavy atom. The van der Waals surface area contributed by atoms with Crippen LogP contribution in [0.25, 0.3) is 0 Å². The maximum absolute atomic E-state index is 12.4. The Kier molecular flexibility index (Phi) is 10.8. The Bertz CT molecular complexity index is 1290. The summed E-state index contributed by atoms with van der Waals surface area (Å²) in [5.41, 5.74) is -1.18. The van der Waals surface area contributed by atoms with Crippen LogP contribution in [0.2, 0.25) is 0 Å². The maximum Gasteiger partial charge on any atom is 0.410 e. The highest BCUT2D eigenvalue weighted by Crippen LogP contribution is 2.46. The number of carbonyl (C=O) groups excluding carboxylic acids is 3. The van der Waals surface area contributed by atoms with Crippen LogP contribution in [0, 0.1) is 0 Å². The number of ketones is 1. The number of amides is 2. The van der Waals surface area contributed by atoms with Gasteiger partial charge >= 0.3 is 12.2 Å². The van der Waals surface area contributed by atoms with Crippen molar-refractivity contribution in [1.82, 2.24) is 29.7 Å². The maximum atomic E-state index is 12.4. The highest BCUT2D eigenvalue weighted by molar-refractivity contribution is 9.10. The van der Waals surface area contributed by atoms with E-state index in [1.165, 1.54) is 12.7 Å². The number of nitrogens with zero attached hydrogens (tertiary/aromatic N) is 6. The van der Waals surface area contributed by atoms with E-state index in [-0.39, 0.29) is 42.1 Å². The number of rotatable bonds is 1. The molecule has 4 aliphatic heterocycles. The summed E-state index contributed by atoms with van der Waals surface area (Å²) >= 11 is 3.19. The average molecular weight is 690 g/mol. The summed E-state index contributed by atoms with van der Waals surface area (Å²) in [6.45, 7) is 11.2. The number of carbonyl (C=O) groups is 3. The zero-order valence-electron chi connectivity index (χ0n) is 27.0. The predicted molar refractivity (Wildman–Crippen MR) is 169 cm³/mol. The standard InChI is InChI=1S/C16H23N3O3.C12H19NO3.C4H3BrN2/c1-15(2,3)22-14(20)19-12-4-5-13(19)7-16(21,6-12)11-8-17-10-18-9-11;1-12(2,3)16-11(15)13-8-4-5-9(13)7-10(14)6-8;5-4-1-6-3-7-2-4/h8-10,12-13,21H,4-7H2,1-3H3;8-9H,4-7H2,1-3H3;1-3H. The van der Waals surface area contributed by atoms with Gasteiger partial charge in [-0.05, 0) is 83.2 Å². The molecule has 13 heteroatoms. The van der Waals surface area contributed by atoms with Crippen molar-refractivity contribution in [3.8, 4) is 0 Å². The first-order valence-electron chi connectivity index (χ1n) is 15.5. The molecule has 45 heavy (non-hydrogen) atoms. The van der Waals surface area contributed by atoms with Gasteiger partial charge in [0.05, 0.1) is 10.1 Å². The quantitative estimate of drug-likeness (QED) is 0.402. The molecule has 4 atom stereocenters. The Morgan fingerprint density at radius 2 is 1.13 bits per heavy atom. The number of aromatic nitrogens is 4. The number of Topliss-reactive ketones (excluding diaryl/α,β-unsaturated/α-hetero) is 1. The van der Waals surface area contributed by atoms with Crippen LogP contribution < -0.4 is 0 Å². The molecule has 4 fully saturated rings. The largest absolute Gasteiger partial charge is 0.444 e. The minimum Gasteiger partial charge on any atom is -0.444 e. The molecule has 4 unspecified atom stereocenters. The molecule has 12 nitrogen and oxygen atoms in total. The number of hydrogen-bond donors (Lipinski definition) is 1. The first-order valence-corrected chi connectivity index (χ1v) is 16.3. The van der Waals surface area contributed by atoms with E-state index in [2.05, 4.69) is 35.9 Å². The summed E-state index contributed by atoms with van der Waals surface area (Å²) in [6, 6.07) is 0.194. The number of piperidine rings is 2. The Labute approximate surface area is 273 Å². The molecule has 6 rings (SSSR count). The van der Waals surface area contributed by atoms with Crippen molar-refractivity contribution < 1.29 is 29.0 Å². The van der Waals surface area contributed by atoms with Gasteiger partial charge in [0.2, 0.25) is 0 Å². The SMILES string of the molecule is Brc1cncnc1.CC(C)(C)OC(=O)N1C2CCC1CC(=O)C2.CC(C)(C)OC(=O)N1C2CCC1CC(O)(c1cncnc1)C2. The van der Waals surface area contributed by atoms with E-state index < -0.39 is 16.8 Å². The topological polar surface area (TPSA) is 148 Å².